The van der Waals surface area contributed by atoms with Crippen LogP contribution < -0.4 is 0 Å². The van der Waals surface area contributed by atoms with Crippen LogP contribution in [0.15, 0.2) is 40.1 Å². The summed E-state index contributed by atoms with van der Waals surface area (Å²) in [6.45, 7) is 6.23. The second-order valence-corrected chi connectivity index (χ2v) is 4.67. The van der Waals surface area contributed by atoms with Gasteiger partial charge in [0.1, 0.15) is 0 Å². The van der Waals surface area contributed by atoms with Crippen molar-refractivity contribution in [3.63, 3.8) is 0 Å². The van der Waals surface area contributed by atoms with Gasteiger partial charge in [0.25, 0.3) is 0 Å². The van der Waals surface area contributed by atoms with Crippen LogP contribution in [0, 0.1) is 0 Å². The van der Waals surface area contributed by atoms with E-state index in [-0.39, 0.29) is 0 Å². The minimum absolute atomic E-state index is 0.833. The van der Waals surface area contributed by atoms with E-state index in [0.717, 1.165) is 30.5 Å². The van der Waals surface area contributed by atoms with E-state index in [1.165, 1.54) is 24.0 Å². The normalized spacial score (nSPS) is 22.1. The number of allylic oxidation sites excluding steroid dienone is 6. The molecule has 0 aliphatic heterocycles. The molecule has 1 aliphatic rings. The molecule has 0 unspecified atom stereocenters. The summed E-state index contributed by atoms with van der Waals surface area (Å²) < 4.78 is 0. The van der Waals surface area contributed by atoms with Gasteiger partial charge in [-0.1, -0.05) is 29.8 Å². The zero-order valence-electron chi connectivity index (χ0n) is 11.2. The molecule has 0 aromatic rings. The van der Waals surface area contributed by atoms with Gasteiger partial charge in [-0.15, -0.1) is 0 Å². The topological polar surface area (TPSA) is 32.6 Å². The van der Waals surface area contributed by atoms with Crippen molar-refractivity contribution in [2.75, 3.05) is 0 Å². The third-order valence-corrected chi connectivity index (χ3v) is 3.47. The van der Waals surface area contributed by atoms with Crippen LogP contribution in [-0.4, -0.2) is 10.9 Å². The lowest BCUT2D eigenvalue weighted by atomic mass is 9.96. The van der Waals surface area contributed by atoms with Crippen molar-refractivity contribution in [3.8, 4) is 0 Å². The van der Waals surface area contributed by atoms with Gasteiger partial charge in [0.15, 0.2) is 0 Å². The molecule has 0 bridgehead atoms. The molecule has 0 radical (unpaired) electrons. The lowest BCUT2D eigenvalue weighted by molar-refractivity contribution is 0.317. The number of rotatable bonds is 0. The van der Waals surface area contributed by atoms with E-state index in [4.69, 9.17) is 5.21 Å². The summed E-state index contributed by atoms with van der Waals surface area (Å²) in [4.78, 5) is 0. The van der Waals surface area contributed by atoms with Crippen LogP contribution in [0.25, 0.3) is 0 Å². The summed E-state index contributed by atoms with van der Waals surface area (Å²) in [5.41, 5.74) is 4.39. The predicted molar refractivity (Wildman–Crippen MR) is 73.6 cm³/mol. The van der Waals surface area contributed by atoms with Crippen molar-refractivity contribution < 1.29 is 5.21 Å². The van der Waals surface area contributed by atoms with Crippen molar-refractivity contribution in [3.05, 3.63) is 34.9 Å². The Balaban J connectivity index is 3.03. The molecule has 0 spiro atoms. The van der Waals surface area contributed by atoms with E-state index < -0.39 is 0 Å². The smallest absolute Gasteiger partial charge is 0.0827 e. The first-order valence-corrected chi connectivity index (χ1v) is 6.39. The Morgan fingerprint density at radius 2 is 1.82 bits per heavy atom. The second kappa shape index (κ2) is 7.10. The molecule has 1 N–H and O–H groups in total. The molecule has 17 heavy (non-hydrogen) atoms. The van der Waals surface area contributed by atoms with Crippen molar-refractivity contribution in [1.29, 1.82) is 0 Å². The van der Waals surface area contributed by atoms with Crippen LogP contribution >= 0.6 is 0 Å². The molecule has 0 atom stereocenters. The van der Waals surface area contributed by atoms with Crippen LogP contribution in [0.1, 0.15) is 52.9 Å². The maximum atomic E-state index is 9.09. The largest absolute Gasteiger partial charge is 0.411 e. The van der Waals surface area contributed by atoms with Crippen molar-refractivity contribution >= 4 is 5.71 Å². The lowest BCUT2D eigenvalue weighted by Crippen LogP contribution is -2.04. The van der Waals surface area contributed by atoms with E-state index in [0.29, 0.717) is 0 Å². The van der Waals surface area contributed by atoms with Gasteiger partial charge in [-0.25, -0.2) is 0 Å². The first-order chi connectivity index (χ1) is 8.16. The molecule has 0 fully saturated rings. The lowest BCUT2D eigenvalue weighted by Gasteiger charge is -2.11. The molecule has 94 valence electrons. The SMILES string of the molecule is CC1=CC=CCCCCCC(=NO)C(C)=C1C. The average molecular weight is 233 g/mol. The molecular weight excluding hydrogens is 210 g/mol. The summed E-state index contributed by atoms with van der Waals surface area (Å²) >= 11 is 0. The summed E-state index contributed by atoms with van der Waals surface area (Å²) in [6.07, 6.45) is 12.0. The molecular formula is C15H23NO. The van der Waals surface area contributed by atoms with E-state index in [9.17, 15) is 0 Å². The minimum atomic E-state index is 0.833. The fourth-order valence-corrected chi connectivity index (χ4v) is 1.99. The maximum absolute atomic E-state index is 9.09. The van der Waals surface area contributed by atoms with Gasteiger partial charge in [-0.05, 0) is 63.2 Å². The first kappa shape index (κ1) is 13.8. The molecule has 0 saturated heterocycles. The molecule has 1 aliphatic carbocycles. The monoisotopic (exact) mass is 233 g/mol. The second-order valence-electron chi connectivity index (χ2n) is 4.67. The van der Waals surface area contributed by atoms with E-state index in [1.807, 2.05) is 6.92 Å². The molecule has 0 heterocycles. The Bertz CT molecular complexity index is 362. The van der Waals surface area contributed by atoms with Gasteiger partial charge in [0.05, 0.1) is 5.71 Å². The first-order valence-electron chi connectivity index (χ1n) is 6.39. The number of hydrogen-bond donors (Lipinski definition) is 1. The van der Waals surface area contributed by atoms with Gasteiger partial charge in [-0.2, -0.15) is 0 Å². The highest BCUT2D eigenvalue weighted by Gasteiger charge is 2.08. The third-order valence-electron chi connectivity index (χ3n) is 3.47. The highest BCUT2D eigenvalue weighted by molar-refractivity contribution is 6.00. The zero-order chi connectivity index (χ0) is 12.7. The summed E-state index contributed by atoms with van der Waals surface area (Å²) in [5.74, 6) is 0. The van der Waals surface area contributed by atoms with Crippen LogP contribution in [0.2, 0.25) is 0 Å². The quantitative estimate of drug-likeness (QED) is 0.480. The Hall–Kier alpha value is -1.31. The molecule has 0 amide bonds. The van der Waals surface area contributed by atoms with Crippen LogP contribution in [0.3, 0.4) is 0 Å². The van der Waals surface area contributed by atoms with Gasteiger partial charge in [0.2, 0.25) is 0 Å². The summed E-state index contributed by atoms with van der Waals surface area (Å²) in [6, 6.07) is 0. The highest BCUT2D eigenvalue weighted by atomic mass is 16.4. The predicted octanol–water partition coefficient (Wildman–Crippen LogP) is 4.62. The van der Waals surface area contributed by atoms with Crippen molar-refractivity contribution in [2.24, 2.45) is 5.16 Å². The van der Waals surface area contributed by atoms with E-state index >= 15 is 0 Å². The van der Waals surface area contributed by atoms with Crippen LogP contribution in [0.4, 0.5) is 0 Å². The summed E-state index contributed by atoms with van der Waals surface area (Å²) in [5, 5.41) is 12.5. The van der Waals surface area contributed by atoms with Crippen molar-refractivity contribution in [2.45, 2.75) is 52.9 Å². The molecule has 0 aromatic carbocycles. The number of oxime groups is 1. The number of hydrogen-bond acceptors (Lipinski definition) is 2. The van der Waals surface area contributed by atoms with Crippen LogP contribution in [-0.2, 0) is 0 Å². The van der Waals surface area contributed by atoms with Gasteiger partial charge in [-0.3, -0.25) is 0 Å². The van der Waals surface area contributed by atoms with Crippen molar-refractivity contribution in [1.82, 2.24) is 0 Å². The Kier molecular flexibility index (Phi) is 5.75. The third kappa shape index (κ3) is 4.22. The van der Waals surface area contributed by atoms with Gasteiger partial charge < -0.3 is 5.21 Å². The Morgan fingerprint density at radius 3 is 2.53 bits per heavy atom. The van der Waals surface area contributed by atoms with E-state index in [2.05, 4.69) is 37.2 Å². The number of nitrogens with zero attached hydrogens (tertiary/aromatic N) is 1. The van der Waals surface area contributed by atoms with Crippen LogP contribution in [0.5, 0.6) is 0 Å². The Labute approximate surface area is 104 Å². The molecule has 2 nitrogen and oxygen atoms in total. The molecule has 2 heteroatoms. The average Bonchev–Trinajstić information content (AvgIpc) is 2.34. The molecule has 0 saturated carbocycles. The zero-order valence-corrected chi connectivity index (χ0v) is 11.2. The highest BCUT2D eigenvalue weighted by Crippen LogP contribution is 2.19. The standard InChI is InChI=1S/C15H23NO/c1-12-10-8-6-4-5-7-9-11-15(16-17)14(3)13(12)2/h6,8,10,17H,4-5,7,9,11H2,1-3H3. The Morgan fingerprint density at radius 1 is 1.06 bits per heavy atom. The van der Waals surface area contributed by atoms with Gasteiger partial charge >= 0.3 is 0 Å². The minimum Gasteiger partial charge on any atom is -0.411 e. The van der Waals surface area contributed by atoms with Gasteiger partial charge in [0, 0.05) is 0 Å². The molecule has 1 rings (SSSR count). The summed E-state index contributed by atoms with van der Waals surface area (Å²) in [7, 11) is 0. The fourth-order valence-electron chi connectivity index (χ4n) is 1.99. The van der Waals surface area contributed by atoms with E-state index in [1.54, 1.807) is 0 Å². The maximum Gasteiger partial charge on any atom is 0.0827 e. The molecule has 0 aromatic heterocycles. The fraction of sp³-hybridized carbons (Fsp3) is 0.533.